The predicted octanol–water partition coefficient (Wildman–Crippen LogP) is 2.37. The lowest BCUT2D eigenvalue weighted by molar-refractivity contribution is 0.147. The van der Waals surface area contributed by atoms with Gasteiger partial charge in [0.25, 0.3) is 0 Å². The fraction of sp³-hybridized carbons (Fsp3) is 0.455. The van der Waals surface area contributed by atoms with Crippen molar-refractivity contribution in [2.24, 2.45) is 0 Å². The number of halogens is 1. The molecule has 2 aliphatic rings. The van der Waals surface area contributed by atoms with Gasteiger partial charge in [0, 0.05) is 16.5 Å². The normalized spacial score (nSPS) is 21.6. The Labute approximate surface area is 91.0 Å². The summed E-state index contributed by atoms with van der Waals surface area (Å²) < 4.78 is 6.61. The first-order chi connectivity index (χ1) is 6.69. The molecule has 0 unspecified atom stereocenters. The maximum absolute atomic E-state index is 10.1. The zero-order valence-corrected chi connectivity index (χ0v) is 9.30. The number of fused-ring (bicyclic) bond motifs is 1. The van der Waals surface area contributed by atoms with Gasteiger partial charge in [0.05, 0.1) is 12.2 Å². The monoisotopic (exact) mass is 254 g/mol. The van der Waals surface area contributed by atoms with Crippen LogP contribution >= 0.6 is 15.9 Å². The Morgan fingerprint density at radius 2 is 2.14 bits per heavy atom. The van der Waals surface area contributed by atoms with Gasteiger partial charge in [-0.2, -0.15) is 0 Å². The lowest BCUT2D eigenvalue weighted by Crippen LogP contribution is -2.06. The van der Waals surface area contributed by atoms with E-state index in [1.807, 2.05) is 6.07 Å². The number of benzene rings is 1. The van der Waals surface area contributed by atoms with Gasteiger partial charge in [-0.3, -0.25) is 0 Å². The third-order valence-electron chi connectivity index (χ3n) is 2.97. The van der Waals surface area contributed by atoms with E-state index in [4.69, 9.17) is 4.74 Å². The number of aliphatic hydroxyl groups is 1. The van der Waals surface area contributed by atoms with Crippen molar-refractivity contribution in [3.63, 3.8) is 0 Å². The standard InChI is InChI=1S/C11H11BrO2/c12-8-5-7-1-4-14-10(7)9(6-8)11(13)2-3-11/h5-6,13H,1-4H2. The lowest BCUT2D eigenvalue weighted by atomic mass is 10.0. The third kappa shape index (κ3) is 1.19. The molecular weight excluding hydrogens is 244 g/mol. The lowest BCUT2D eigenvalue weighted by Gasteiger charge is -2.13. The maximum atomic E-state index is 10.1. The summed E-state index contributed by atoms with van der Waals surface area (Å²) in [4.78, 5) is 0. The van der Waals surface area contributed by atoms with Crippen molar-refractivity contribution >= 4 is 15.9 Å². The van der Waals surface area contributed by atoms with Gasteiger partial charge in [0.15, 0.2) is 0 Å². The third-order valence-corrected chi connectivity index (χ3v) is 3.43. The van der Waals surface area contributed by atoms with Crippen molar-refractivity contribution in [2.75, 3.05) is 6.61 Å². The van der Waals surface area contributed by atoms with Gasteiger partial charge in [-0.1, -0.05) is 15.9 Å². The summed E-state index contributed by atoms with van der Waals surface area (Å²) in [5, 5.41) is 10.1. The van der Waals surface area contributed by atoms with Crippen LogP contribution in [0.2, 0.25) is 0 Å². The molecule has 1 aliphatic heterocycles. The van der Waals surface area contributed by atoms with Crippen molar-refractivity contribution < 1.29 is 9.84 Å². The molecule has 3 rings (SSSR count). The molecule has 74 valence electrons. The molecule has 1 aliphatic carbocycles. The van der Waals surface area contributed by atoms with E-state index in [1.54, 1.807) is 0 Å². The highest BCUT2D eigenvalue weighted by molar-refractivity contribution is 9.10. The van der Waals surface area contributed by atoms with E-state index in [0.29, 0.717) is 0 Å². The maximum Gasteiger partial charge on any atom is 0.128 e. The molecule has 0 bridgehead atoms. The van der Waals surface area contributed by atoms with Crippen LogP contribution in [0.3, 0.4) is 0 Å². The quantitative estimate of drug-likeness (QED) is 0.834. The zero-order valence-electron chi connectivity index (χ0n) is 7.72. The van der Waals surface area contributed by atoms with E-state index >= 15 is 0 Å². The molecule has 1 aromatic carbocycles. The van der Waals surface area contributed by atoms with Crippen molar-refractivity contribution in [3.8, 4) is 5.75 Å². The summed E-state index contributed by atoms with van der Waals surface area (Å²) in [7, 11) is 0. The van der Waals surface area contributed by atoms with E-state index in [9.17, 15) is 5.11 Å². The molecule has 1 fully saturated rings. The molecule has 14 heavy (non-hydrogen) atoms. The largest absolute Gasteiger partial charge is 0.493 e. The average Bonchev–Trinajstić information content (AvgIpc) is 2.74. The Hall–Kier alpha value is -0.540. The second kappa shape index (κ2) is 2.74. The molecule has 0 saturated heterocycles. The molecule has 0 radical (unpaired) electrons. The van der Waals surface area contributed by atoms with Gasteiger partial charge in [0.1, 0.15) is 5.75 Å². The molecule has 0 aromatic heterocycles. The number of hydrogen-bond acceptors (Lipinski definition) is 2. The molecule has 1 heterocycles. The van der Waals surface area contributed by atoms with Crippen molar-refractivity contribution in [2.45, 2.75) is 24.9 Å². The minimum absolute atomic E-state index is 0.599. The first-order valence-electron chi connectivity index (χ1n) is 4.87. The van der Waals surface area contributed by atoms with Crippen LogP contribution in [0.25, 0.3) is 0 Å². The van der Waals surface area contributed by atoms with Crippen LogP contribution in [-0.2, 0) is 12.0 Å². The van der Waals surface area contributed by atoms with E-state index in [0.717, 1.165) is 41.7 Å². The van der Waals surface area contributed by atoms with Crippen LogP contribution in [0, 0.1) is 0 Å². The molecule has 0 amide bonds. The van der Waals surface area contributed by atoms with Gasteiger partial charge in [-0.15, -0.1) is 0 Å². The summed E-state index contributed by atoms with van der Waals surface area (Å²) >= 11 is 3.47. The smallest absolute Gasteiger partial charge is 0.128 e. The molecular formula is C11H11BrO2. The van der Waals surface area contributed by atoms with Gasteiger partial charge in [-0.05, 0) is 30.5 Å². The highest BCUT2D eigenvalue weighted by Gasteiger charge is 2.45. The molecule has 0 atom stereocenters. The van der Waals surface area contributed by atoms with E-state index < -0.39 is 5.60 Å². The van der Waals surface area contributed by atoms with Crippen LogP contribution in [0.5, 0.6) is 5.75 Å². The second-order valence-corrected chi connectivity index (χ2v) is 4.99. The van der Waals surface area contributed by atoms with E-state index in [2.05, 4.69) is 22.0 Å². The van der Waals surface area contributed by atoms with E-state index in [1.165, 1.54) is 5.56 Å². The SMILES string of the molecule is OC1(c2cc(Br)cc3c2OCC3)CC1. The summed E-state index contributed by atoms with van der Waals surface area (Å²) in [6.45, 7) is 0.745. The minimum atomic E-state index is -0.599. The first-order valence-corrected chi connectivity index (χ1v) is 5.66. The molecule has 1 saturated carbocycles. The Bertz CT molecular complexity index is 397. The van der Waals surface area contributed by atoms with Crippen molar-refractivity contribution in [3.05, 3.63) is 27.7 Å². The van der Waals surface area contributed by atoms with Crippen LogP contribution < -0.4 is 4.74 Å². The van der Waals surface area contributed by atoms with Crippen LogP contribution in [0.1, 0.15) is 24.0 Å². The molecule has 1 N–H and O–H groups in total. The first kappa shape index (κ1) is 8.74. The molecule has 3 heteroatoms. The molecule has 2 nitrogen and oxygen atoms in total. The van der Waals surface area contributed by atoms with Crippen LogP contribution in [0.15, 0.2) is 16.6 Å². The van der Waals surface area contributed by atoms with Gasteiger partial charge in [0.2, 0.25) is 0 Å². The number of ether oxygens (including phenoxy) is 1. The minimum Gasteiger partial charge on any atom is -0.493 e. The summed E-state index contributed by atoms with van der Waals surface area (Å²) in [6.07, 6.45) is 2.68. The van der Waals surface area contributed by atoms with Crippen LogP contribution in [-0.4, -0.2) is 11.7 Å². The highest BCUT2D eigenvalue weighted by Crippen LogP contribution is 2.51. The fourth-order valence-corrected chi connectivity index (χ4v) is 2.51. The Balaban J connectivity index is 2.19. The van der Waals surface area contributed by atoms with Gasteiger partial charge >= 0.3 is 0 Å². The summed E-state index contributed by atoms with van der Waals surface area (Å²) in [6, 6.07) is 4.06. The molecule has 1 aromatic rings. The van der Waals surface area contributed by atoms with Crippen molar-refractivity contribution in [1.29, 1.82) is 0 Å². The van der Waals surface area contributed by atoms with Gasteiger partial charge in [-0.25, -0.2) is 0 Å². The Morgan fingerprint density at radius 3 is 2.86 bits per heavy atom. The average molecular weight is 255 g/mol. The zero-order chi connectivity index (χ0) is 9.76. The summed E-state index contributed by atoms with van der Waals surface area (Å²) in [5.74, 6) is 0.924. The topological polar surface area (TPSA) is 29.5 Å². The molecule has 0 spiro atoms. The van der Waals surface area contributed by atoms with Crippen LogP contribution in [0.4, 0.5) is 0 Å². The predicted molar refractivity (Wildman–Crippen MR) is 56.5 cm³/mol. The summed E-state index contributed by atoms with van der Waals surface area (Å²) in [5.41, 5.74) is 1.59. The second-order valence-electron chi connectivity index (χ2n) is 4.07. The fourth-order valence-electron chi connectivity index (χ4n) is 2.00. The highest BCUT2D eigenvalue weighted by atomic mass is 79.9. The van der Waals surface area contributed by atoms with Gasteiger partial charge < -0.3 is 9.84 Å². The van der Waals surface area contributed by atoms with E-state index in [-0.39, 0.29) is 0 Å². The van der Waals surface area contributed by atoms with Crippen molar-refractivity contribution in [1.82, 2.24) is 0 Å². The Morgan fingerprint density at radius 1 is 1.36 bits per heavy atom. The number of rotatable bonds is 1. The Kier molecular flexibility index (Phi) is 1.71. The number of hydrogen-bond donors (Lipinski definition) is 1.